The Morgan fingerprint density at radius 3 is 2.19 bits per heavy atom. The molecule has 0 atom stereocenters. The van der Waals surface area contributed by atoms with Gasteiger partial charge in [0.2, 0.25) is 10.0 Å². The lowest BCUT2D eigenvalue weighted by atomic mass is 10.1. The van der Waals surface area contributed by atoms with Gasteiger partial charge in [-0.15, -0.1) is 0 Å². The number of benzene rings is 3. The molecule has 162 valence electrons. The number of piperazine rings is 1. The Kier molecular flexibility index (Phi) is 5.41. The molecule has 2 heterocycles. The maximum atomic E-state index is 13.2. The summed E-state index contributed by atoms with van der Waals surface area (Å²) in [5.41, 5.74) is 5.34. The molecule has 32 heavy (non-hydrogen) atoms. The third-order valence-corrected chi connectivity index (χ3v) is 7.97. The van der Waals surface area contributed by atoms with Gasteiger partial charge in [0.1, 0.15) is 0 Å². The molecule has 3 aromatic carbocycles. The van der Waals surface area contributed by atoms with E-state index < -0.39 is 10.0 Å². The van der Waals surface area contributed by atoms with Gasteiger partial charge in [-0.25, -0.2) is 8.42 Å². The number of nitrogens with zero attached hydrogens (tertiary/aromatic N) is 3. The number of aromatic nitrogens is 1. The third-order valence-electron chi connectivity index (χ3n) is 6.05. The SMILES string of the molecule is Cc1ccc2c(N3CCN(S(=O)(=O)c4ccc(-c5ccccc5)cc4)CC3)ccnc2c1. The number of rotatable bonds is 4. The Balaban J connectivity index is 1.33. The van der Waals surface area contributed by atoms with Gasteiger partial charge in [0.15, 0.2) is 0 Å². The molecule has 4 aromatic rings. The zero-order chi connectivity index (χ0) is 22.1. The lowest BCUT2D eigenvalue weighted by Crippen LogP contribution is -2.48. The number of fused-ring (bicyclic) bond motifs is 1. The molecule has 0 amide bonds. The summed E-state index contributed by atoms with van der Waals surface area (Å²) < 4.78 is 28.0. The van der Waals surface area contributed by atoms with E-state index in [0.29, 0.717) is 31.1 Å². The Labute approximate surface area is 189 Å². The second-order valence-corrected chi connectivity index (χ2v) is 10.1. The van der Waals surface area contributed by atoms with Crippen molar-refractivity contribution in [1.82, 2.24) is 9.29 Å². The van der Waals surface area contributed by atoms with E-state index in [0.717, 1.165) is 27.7 Å². The van der Waals surface area contributed by atoms with E-state index in [1.165, 1.54) is 5.56 Å². The highest BCUT2D eigenvalue weighted by Crippen LogP contribution is 2.28. The highest BCUT2D eigenvalue weighted by atomic mass is 32.2. The van der Waals surface area contributed by atoms with Gasteiger partial charge >= 0.3 is 0 Å². The van der Waals surface area contributed by atoms with Gasteiger partial charge < -0.3 is 4.90 Å². The van der Waals surface area contributed by atoms with Crippen LogP contribution in [0.25, 0.3) is 22.0 Å². The first-order valence-electron chi connectivity index (χ1n) is 10.8. The van der Waals surface area contributed by atoms with Crippen molar-refractivity contribution in [2.45, 2.75) is 11.8 Å². The molecule has 6 heteroatoms. The largest absolute Gasteiger partial charge is 0.368 e. The number of anilines is 1. The molecule has 0 radical (unpaired) electrons. The Bertz CT molecular complexity index is 1350. The van der Waals surface area contributed by atoms with Gasteiger partial charge in [0, 0.05) is 43.4 Å². The summed E-state index contributed by atoms with van der Waals surface area (Å²) in [7, 11) is -3.52. The van der Waals surface area contributed by atoms with Crippen molar-refractivity contribution >= 4 is 26.6 Å². The van der Waals surface area contributed by atoms with Gasteiger partial charge in [-0.3, -0.25) is 4.98 Å². The number of aryl methyl sites for hydroxylation is 1. The van der Waals surface area contributed by atoms with Crippen LogP contribution in [0.2, 0.25) is 0 Å². The molecule has 1 fully saturated rings. The highest BCUT2D eigenvalue weighted by molar-refractivity contribution is 7.89. The quantitative estimate of drug-likeness (QED) is 0.458. The van der Waals surface area contributed by atoms with Gasteiger partial charge in [-0.1, -0.05) is 54.6 Å². The number of sulfonamides is 1. The molecule has 1 aliphatic rings. The first-order chi connectivity index (χ1) is 15.5. The molecule has 0 bridgehead atoms. The van der Waals surface area contributed by atoms with E-state index in [1.807, 2.05) is 54.7 Å². The predicted molar refractivity (Wildman–Crippen MR) is 129 cm³/mol. The van der Waals surface area contributed by atoms with Crippen LogP contribution in [-0.4, -0.2) is 43.9 Å². The van der Waals surface area contributed by atoms with Crippen LogP contribution in [0.1, 0.15) is 5.56 Å². The summed E-state index contributed by atoms with van der Waals surface area (Å²) in [6.07, 6.45) is 1.83. The van der Waals surface area contributed by atoms with Crippen molar-refractivity contribution in [2.75, 3.05) is 31.1 Å². The molecule has 1 aromatic heterocycles. The fourth-order valence-corrected chi connectivity index (χ4v) is 5.71. The van der Waals surface area contributed by atoms with Gasteiger partial charge in [-0.2, -0.15) is 4.31 Å². The molecule has 5 nitrogen and oxygen atoms in total. The van der Waals surface area contributed by atoms with E-state index in [-0.39, 0.29) is 0 Å². The summed E-state index contributed by atoms with van der Waals surface area (Å²) in [5, 5.41) is 1.10. The molecule has 0 aliphatic carbocycles. The van der Waals surface area contributed by atoms with Crippen molar-refractivity contribution in [3.8, 4) is 11.1 Å². The predicted octanol–water partition coefficient (Wildman–Crippen LogP) is 4.72. The first kappa shape index (κ1) is 20.7. The minimum Gasteiger partial charge on any atom is -0.368 e. The molecule has 1 aliphatic heterocycles. The van der Waals surface area contributed by atoms with E-state index in [1.54, 1.807) is 16.4 Å². The smallest absolute Gasteiger partial charge is 0.243 e. The van der Waals surface area contributed by atoms with Crippen molar-refractivity contribution < 1.29 is 8.42 Å². The Morgan fingerprint density at radius 1 is 0.781 bits per heavy atom. The topological polar surface area (TPSA) is 53.5 Å². The van der Waals surface area contributed by atoms with Crippen LogP contribution in [0.15, 0.2) is 90.0 Å². The van der Waals surface area contributed by atoms with Crippen LogP contribution in [0.4, 0.5) is 5.69 Å². The highest BCUT2D eigenvalue weighted by Gasteiger charge is 2.29. The zero-order valence-corrected chi connectivity index (χ0v) is 18.8. The van der Waals surface area contributed by atoms with Gasteiger partial charge in [0.05, 0.1) is 10.4 Å². The van der Waals surface area contributed by atoms with Crippen LogP contribution in [-0.2, 0) is 10.0 Å². The van der Waals surface area contributed by atoms with Crippen LogP contribution >= 0.6 is 0 Å². The third kappa shape index (κ3) is 3.87. The van der Waals surface area contributed by atoms with Crippen LogP contribution in [0, 0.1) is 6.92 Å². The summed E-state index contributed by atoms with van der Waals surface area (Å²) in [6.45, 7) is 4.27. The monoisotopic (exact) mass is 443 g/mol. The molecular weight excluding hydrogens is 418 g/mol. The molecular formula is C26H25N3O2S. The zero-order valence-electron chi connectivity index (χ0n) is 18.0. The summed E-state index contributed by atoms with van der Waals surface area (Å²) in [6, 6.07) is 25.4. The first-order valence-corrected chi connectivity index (χ1v) is 12.2. The average Bonchev–Trinajstić information content (AvgIpc) is 2.84. The molecule has 0 N–H and O–H groups in total. The Hall–Kier alpha value is -3.22. The molecule has 0 saturated carbocycles. The molecule has 5 rings (SSSR count). The molecule has 0 spiro atoms. The number of pyridine rings is 1. The van der Waals surface area contributed by atoms with Crippen molar-refractivity contribution in [3.63, 3.8) is 0 Å². The number of hydrogen-bond acceptors (Lipinski definition) is 4. The minimum absolute atomic E-state index is 0.343. The van der Waals surface area contributed by atoms with Crippen LogP contribution in [0.3, 0.4) is 0 Å². The fraction of sp³-hybridized carbons (Fsp3) is 0.192. The van der Waals surface area contributed by atoms with Crippen LogP contribution < -0.4 is 4.90 Å². The van der Waals surface area contributed by atoms with E-state index in [2.05, 4.69) is 35.0 Å². The average molecular weight is 444 g/mol. The number of hydrogen-bond donors (Lipinski definition) is 0. The Morgan fingerprint density at radius 2 is 1.47 bits per heavy atom. The van der Waals surface area contributed by atoms with Crippen molar-refractivity contribution in [3.05, 3.63) is 90.6 Å². The van der Waals surface area contributed by atoms with Gasteiger partial charge in [-0.05, 0) is 47.9 Å². The maximum Gasteiger partial charge on any atom is 0.243 e. The second-order valence-electron chi connectivity index (χ2n) is 8.13. The molecule has 0 unspecified atom stereocenters. The van der Waals surface area contributed by atoms with E-state index in [4.69, 9.17) is 0 Å². The van der Waals surface area contributed by atoms with E-state index in [9.17, 15) is 8.42 Å². The molecule has 1 saturated heterocycles. The van der Waals surface area contributed by atoms with Crippen molar-refractivity contribution in [1.29, 1.82) is 0 Å². The van der Waals surface area contributed by atoms with Crippen molar-refractivity contribution in [2.24, 2.45) is 0 Å². The van der Waals surface area contributed by atoms with Gasteiger partial charge in [0.25, 0.3) is 0 Å². The summed E-state index contributed by atoms with van der Waals surface area (Å²) in [5.74, 6) is 0. The second kappa shape index (κ2) is 8.37. The lowest BCUT2D eigenvalue weighted by Gasteiger charge is -2.35. The maximum absolute atomic E-state index is 13.2. The minimum atomic E-state index is -3.52. The summed E-state index contributed by atoms with van der Waals surface area (Å²) in [4.78, 5) is 7.08. The standard InChI is InChI=1S/C26H25N3O2S/c1-20-7-12-24-25(19-20)27-14-13-26(24)28-15-17-29(18-16-28)32(30,31)23-10-8-22(9-11-23)21-5-3-2-4-6-21/h2-14,19H,15-18H2,1H3. The van der Waals surface area contributed by atoms with Crippen LogP contribution in [0.5, 0.6) is 0 Å². The normalized spacial score (nSPS) is 15.2. The summed E-state index contributed by atoms with van der Waals surface area (Å²) >= 11 is 0. The fourth-order valence-electron chi connectivity index (χ4n) is 4.29. The lowest BCUT2D eigenvalue weighted by molar-refractivity contribution is 0.385. The van der Waals surface area contributed by atoms with E-state index >= 15 is 0 Å².